The van der Waals surface area contributed by atoms with E-state index in [9.17, 15) is 4.39 Å². The van der Waals surface area contributed by atoms with Crippen LogP contribution in [0.2, 0.25) is 0 Å². The average molecular weight is 217 g/mol. The average Bonchev–Trinajstić information content (AvgIpc) is 2.20. The van der Waals surface area contributed by atoms with Gasteiger partial charge in [0, 0.05) is 12.6 Å². The SMILES string of the molecule is CC(C)OCCCN[C@@H]1CCCC[C@H]1F. The molecule has 15 heavy (non-hydrogen) atoms. The van der Waals surface area contributed by atoms with Crippen LogP contribution in [-0.4, -0.2) is 31.5 Å². The van der Waals surface area contributed by atoms with Gasteiger partial charge < -0.3 is 10.1 Å². The van der Waals surface area contributed by atoms with E-state index in [1.165, 1.54) is 6.42 Å². The molecule has 1 aliphatic carbocycles. The van der Waals surface area contributed by atoms with Crippen LogP contribution in [0.1, 0.15) is 46.0 Å². The Labute approximate surface area is 92.6 Å². The summed E-state index contributed by atoms with van der Waals surface area (Å²) in [5.41, 5.74) is 0. The minimum atomic E-state index is -0.634. The van der Waals surface area contributed by atoms with Crippen molar-refractivity contribution in [3.05, 3.63) is 0 Å². The number of hydrogen-bond donors (Lipinski definition) is 1. The fourth-order valence-electron chi connectivity index (χ4n) is 1.99. The zero-order valence-corrected chi connectivity index (χ0v) is 9.97. The van der Waals surface area contributed by atoms with Gasteiger partial charge in [0.05, 0.1) is 6.10 Å². The molecule has 2 atom stereocenters. The first kappa shape index (κ1) is 12.9. The van der Waals surface area contributed by atoms with Crippen molar-refractivity contribution < 1.29 is 9.13 Å². The number of rotatable bonds is 6. The van der Waals surface area contributed by atoms with Crippen LogP contribution in [0.5, 0.6) is 0 Å². The van der Waals surface area contributed by atoms with E-state index in [1.807, 2.05) is 13.8 Å². The summed E-state index contributed by atoms with van der Waals surface area (Å²) >= 11 is 0. The highest BCUT2D eigenvalue weighted by Gasteiger charge is 2.23. The van der Waals surface area contributed by atoms with Gasteiger partial charge in [-0.05, 0) is 39.7 Å². The number of hydrogen-bond acceptors (Lipinski definition) is 2. The molecule has 0 radical (unpaired) electrons. The summed E-state index contributed by atoms with van der Waals surface area (Å²) in [5.74, 6) is 0. The van der Waals surface area contributed by atoms with Gasteiger partial charge in [0.15, 0.2) is 0 Å². The quantitative estimate of drug-likeness (QED) is 0.691. The molecule has 0 aromatic rings. The molecule has 0 saturated heterocycles. The molecule has 0 aromatic heterocycles. The smallest absolute Gasteiger partial charge is 0.115 e. The van der Waals surface area contributed by atoms with Crippen LogP contribution in [0.4, 0.5) is 4.39 Å². The lowest BCUT2D eigenvalue weighted by molar-refractivity contribution is 0.0754. The molecular weight excluding hydrogens is 193 g/mol. The Kier molecular flexibility index (Phi) is 6.18. The molecule has 0 bridgehead atoms. The Bertz CT molecular complexity index is 164. The zero-order chi connectivity index (χ0) is 11.1. The van der Waals surface area contributed by atoms with Crippen LogP contribution in [0.3, 0.4) is 0 Å². The van der Waals surface area contributed by atoms with E-state index in [-0.39, 0.29) is 6.04 Å². The fraction of sp³-hybridized carbons (Fsp3) is 1.00. The monoisotopic (exact) mass is 217 g/mol. The molecule has 1 fully saturated rings. The first-order valence-electron chi connectivity index (χ1n) is 6.19. The lowest BCUT2D eigenvalue weighted by atomic mass is 9.93. The van der Waals surface area contributed by atoms with Gasteiger partial charge in [-0.1, -0.05) is 12.8 Å². The van der Waals surface area contributed by atoms with Gasteiger partial charge in [0.25, 0.3) is 0 Å². The summed E-state index contributed by atoms with van der Waals surface area (Å²) < 4.78 is 18.8. The molecule has 0 unspecified atom stereocenters. The fourth-order valence-corrected chi connectivity index (χ4v) is 1.99. The summed E-state index contributed by atoms with van der Waals surface area (Å²) in [4.78, 5) is 0. The molecule has 1 saturated carbocycles. The van der Waals surface area contributed by atoms with Crippen LogP contribution >= 0.6 is 0 Å². The predicted octanol–water partition coefficient (Wildman–Crippen LogP) is 2.67. The topological polar surface area (TPSA) is 21.3 Å². The molecule has 0 aliphatic heterocycles. The molecule has 90 valence electrons. The predicted molar refractivity (Wildman–Crippen MR) is 60.9 cm³/mol. The minimum absolute atomic E-state index is 0.0952. The second-order valence-electron chi connectivity index (χ2n) is 4.63. The van der Waals surface area contributed by atoms with Crippen LogP contribution in [0.25, 0.3) is 0 Å². The van der Waals surface area contributed by atoms with Crippen LogP contribution in [0.15, 0.2) is 0 Å². The van der Waals surface area contributed by atoms with Crippen molar-refractivity contribution in [3.63, 3.8) is 0 Å². The van der Waals surface area contributed by atoms with E-state index in [2.05, 4.69) is 5.32 Å². The molecule has 0 spiro atoms. The standard InChI is InChI=1S/C12H24FNO/c1-10(2)15-9-5-8-14-12-7-4-3-6-11(12)13/h10-12,14H,3-9H2,1-2H3/t11-,12-/m1/s1. The van der Waals surface area contributed by atoms with Gasteiger partial charge in [-0.3, -0.25) is 0 Å². The molecule has 2 nitrogen and oxygen atoms in total. The Morgan fingerprint density at radius 3 is 2.73 bits per heavy atom. The van der Waals surface area contributed by atoms with Gasteiger partial charge in [-0.2, -0.15) is 0 Å². The van der Waals surface area contributed by atoms with Gasteiger partial charge in [-0.15, -0.1) is 0 Å². The Balaban J connectivity index is 1.99. The van der Waals surface area contributed by atoms with E-state index in [1.54, 1.807) is 0 Å². The number of halogens is 1. The van der Waals surface area contributed by atoms with Crippen molar-refractivity contribution >= 4 is 0 Å². The van der Waals surface area contributed by atoms with Gasteiger partial charge in [0.1, 0.15) is 6.17 Å². The Morgan fingerprint density at radius 2 is 2.07 bits per heavy atom. The van der Waals surface area contributed by atoms with Crippen LogP contribution < -0.4 is 5.32 Å². The van der Waals surface area contributed by atoms with Crippen molar-refractivity contribution in [1.29, 1.82) is 0 Å². The highest BCUT2D eigenvalue weighted by molar-refractivity contribution is 4.80. The van der Waals surface area contributed by atoms with Crippen LogP contribution in [0, 0.1) is 0 Å². The lowest BCUT2D eigenvalue weighted by Crippen LogP contribution is -2.40. The van der Waals surface area contributed by atoms with Crippen LogP contribution in [-0.2, 0) is 4.74 Å². The molecule has 0 aromatic carbocycles. The second-order valence-corrected chi connectivity index (χ2v) is 4.63. The van der Waals surface area contributed by atoms with E-state index >= 15 is 0 Å². The molecule has 0 heterocycles. The van der Waals surface area contributed by atoms with Gasteiger partial charge in [-0.25, -0.2) is 4.39 Å². The molecule has 0 amide bonds. The summed E-state index contributed by atoms with van der Waals surface area (Å²) in [7, 11) is 0. The first-order valence-corrected chi connectivity index (χ1v) is 6.19. The largest absolute Gasteiger partial charge is 0.379 e. The van der Waals surface area contributed by atoms with E-state index < -0.39 is 6.17 Å². The molecule has 1 N–H and O–H groups in total. The number of ether oxygens (including phenoxy) is 1. The highest BCUT2D eigenvalue weighted by Crippen LogP contribution is 2.20. The van der Waals surface area contributed by atoms with Crippen molar-refractivity contribution in [3.8, 4) is 0 Å². The zero-order valence-electron chi connectivity index (χ0n) is 9.97. The Morgan fingerprint density at radius 1 is 1.33 bits per heavy atom. The minimum Gasteiger partial charge on any atom is -0.379 e. The van der Waals surface area contributed by atoms with Gasteiger partial charge >= 0.3 is 0 Å². The normalized spacial score (nSPS) is 27.2. The maximum atomic E-state index is 13.4. The van der Waals surface area contributed by atoms with E-state index in [4.69, 9.17) is 4.74 Å². The van der Waals surface area contributed by atoms with Crippen molar-refractivity contribution in [2.24, 2.45) is 0 Å². The number of alkyl halides is 1. The summed E-state index contributed by atoms with van der Waals surface area (Å²) in [5, 5.41) is 3.29. The molecular formula is C12H24FNO. The third kappa shape index (κ3) is 5.47. The molecule has 3 heteroatoms. The van der Waals surface area contributed by atoms with E-state index in [0.29, 0.717) is 6.10 Å². The third-order valence-electron chi connectivity index (χ3n) is 2.86. The second kappa shape index (κ2) is 7.18. The van der Waals surface area contributed by atoms with Gasteiger partial charge in [0.2, 0.25) is 0 Å². The Hall–Kier alpha value is -0.150. The highest BCUT2D eigenvalue weighted by atomic mass is 19.1. The summed E-state index contributed by atoms with van der Waals surface area (Å²) in [6.45, 7) is 5.71. The maximum Gasteiger partial charge on any atom is 0.115 e. The summed E-state index contributed by atoms with van der Waals surface area (Å²) in [6, 6.07) is 0.0952. The number of nitrogens with one attached hydrogen (secondary N) is 1. The third-order valence-corrected chi connectivity index (χ3v) is 2.86. The van der Waals surface area contributed by atoms with Crippen molar-refractivity contribution in [2.75, 3.05) is 13.2 Å². The summed E-state index contributed by atoms with van der Waals surface area (Å²) in [6.07, 6.45) is 4.59. The molecule has 1 aliphatic rings. The lowest BCUT2D eigenvalue weighted by Gasteiger charge is -2.26. The first-order chi connectivity index (χ1) is 7.20. The maximum absolute atomic E-state index is 13.4. The van der Waals surface area contributed by atoms with Crippen molar-refractivity contribution in [2.45, 2.75) is 64.3 Å². The molecule has 1 rings (SSSR count). The van der Waals surface area contributed by atoms with Crippen molar-refractivity contribution in [1.82, 2.24) is 5.32 Å². The van der Waals surface area contributed by atoms with E-state index in [0.717, 1.165) is 38.8 Å².